The van der Waals surface area contributed by atoms with E-state index in [9.17, 15) is 8.42 Å². The van der Waals surface area contributed by atoms with Crippen LogP contribution in [0.4, 0.5) is 0 Å². The van der Waals surface area contributed by atoms with E-state index in [-0.39, 0.29) is 5.75 Å². The summed E-state index contributed by atoms with van der Waals surface area (Å²) in [7, 11) is 0.828. The van der Waals surface area contributed by atoms with E-state index in [1.807, 2.05) is 33.2 Å². The molecule has 0 atom stereocenters. The third-order valence-electron chi connectivity index (χ3n) is 2.66. The number of aryl methyl sites for hydroxylation is 1. The zero-order valence-corrected chi connectivity index (χ0v) is 12.1. The highest BCUT2D eigenvalue weighted by Crippen LogP contribution is 2.11. The van der Waals surface area contributed by atoms with E-state index in [2.05, 4.69) is 10.2 Å². The van der Waals surface area contributed by atoms with Crippen molar-refractivity contribution in [2.75, 3.05) is 39.5 Å². The van der Waals surface area contributed by atoms with Crippen LogP contribution >= 0.6 is 0 Å². The first-order chi connectivity index (χ1) is 8.42. The average molecular weight is 270 g/mol. The number of likely N-dealkylation sites (N-methyl/N-ethyl adjacent to an activating group) is 1. The summed E-state index contributed by atoms with van der Waals surface area (Å²) in [5.41, 5.74) is 1.07. The molecule has 0 spiro atoms. The molecule has 0 aliphatic carbocycles. The average Bonchev–Trinajstić information content (AvgIpc) is 2.28. The van der Waals surface area contributed by atoms with Crippen LogP contribution in [0.5, 0.6) is 0 Å². The molecular weight excluding hydrogens is 248 g/mol. The van der Waals surface area contributed by atoms with Gasteiger partial charge in [0.25, 0.3) is 0 Å². The molecule has 0 aliphatic rings. The molecule has 0 amide bonds. The van der Waals surface area contributed by atoms with Crippen LogP contribution in [0, 0.1) is 6.92 Å². The van der Waals surface area contributed by atoms with E-state index in [0.29, 0.717) is 11.4 Å². The molecule has 0 unspecified atom stereocenters. The fourth-order valence-corrected chi connectivity index (χ4v) is 2.70. The van der Waals surface area contributed by atoms with Gasteiger partial charge in [0.2, 0.25) is 0 Å². The van der Waals surface area contributed by atoms with Crippen LogP contribution in [0.25, 0.3) is 0 Å². The van der Waals surface area contributed by atoms with Gasteiger partial charge in [-0.25, -0.2) is 8.42 Å². The van der Waals surface area contributed by atoms with Gasteiger partial charge >= 0.3 is 0 Å². The van der Waals surface area contributed by atoms with E-state index >= 15 is 0 Å². The van der Waals surface area contributed by atoms with Crippen molar-refractivity contribution in [3.8, 4) is 0 Å². The quantitative estimate of drug-likeness (QED) is 0.749. The van der Waals surface area contributed by atoms with Crippen LogP contribution in [0.15, 0.2) is 29.2 Å². The Morgan fingerprint density at radius 1 is 1.11 bits per heavy atom. The smallest absolute Gasteiger partial charge is 0.179 e. The van der Waals surface area contributed by atoms with Crippen LogP contribution in [0.2, 0.25) is 0 Å². The molecule has 1 aromatic carbocycles. The van der Waals surface area contributed by atoms with E-state index in [1.54, 1.807) is 12.1 Å². The number of hydrogen-bond acceptors (Lipinski definition) is 4. The molecule has 5 heteroatoms. The molecule has 0 saturated carbocycles. The standard InChI is InChI=1S/C13H22N2O2S/c1-12-4-6-13(7-5-12)18(16,17)11-9-14-8-10-15(2)3/h4-7,14H,8-11H2,1-3H3. The minimum atomic E-state index is -3.15. The molecule has 4 nitrogen and oxygen atoms in total. The monoisotopic (exact) mass is 270 g/mol. The fourth-order valence-electron chi connectivity index (χ4n) is 1.50. The molecular formula is C13H22N2O2S. The predicted octanol–water partition coefficient (Wildman–Crippen LogP) is 0.920. The van der Waals surface area contributed by atoms with Crippen molar-refractivity contribution in [3.05, 3.63) is 29.8 Å². The lowest BCUT2D eigenvalue weighted by Gasteiger charge is -2.10. The third kappa shape index (κ3) is 5.16. The summed E-state index contributed by atoms with van der Waals surface area (Å²) in [6.45, 7) is 4.14. The van der Waals surface area contributed by atoms with Gasteiger partial charge in [-0.1, -0.05) is 17.7 Å². The van der Waals surface area contributed by atoms with Crippen molar-refractivity contribution >= 4 is 9.84 Å². The topological polar surface area (TPSA) is 49.4 Å². The van der Waals surface area contributed by atoms with Crippen LogP contribution in [-0.2, 0) is 9.84 Å². The second kappa shape index (κ2) is 6.87. The number of sulfone groups is 1. The number of benzene rings is 1. The first-order valence-corrected chi connectivity index (χ1v) is 7.72. The molecule has 0 bridgehead atoms. The van der Waals surface area contributed by atoms with Gasteiger partial charge in [-0.3, -0.25) is 0 Å². The molecule has 0 saturated heterocycles. The van der Waals surface area contributed by atoms with E-state index < -0.39 is 9.84 Å². The Balaban J connectivity index is 2.43. The lowest BCUT2D eigenvalue weighted by Crippen LogP contribution is -2.30. The normalized spacial score (nSPS) is 12.0. The first-order valence-electron chi connectivity index (χ1n) is 6.07. The number of rotatable bonds is 7. The molecule has 0 fully saturated rings. The van der Waals surface area contributed by atoms with Crippen molar-refractivity contribution in [1.82, 2.24) is 10.2 Å². The minimum Gasteiger partial charge on any atom is -0.314 e. The lowest BCUT2D eigenvalue weighted by atomic mass is 10.2. The summed E-state index contributed by atoms with van der Waals surface area (Å²) in [4.78, 5) is 2.46. The summed E-state index contributed by atoms with van der Waals surface area (Å²) in [5, 5.41) is 3.13. The number of hydrogen-bond donors (Lipinski definition) is 1. The Hall–Kier alpha value is -0.910. The van der Waals surface area contributed by atoms with Gasteiger partial charge in [0.05, 0.1) is 10.6 Å². The SMILES string of the molecule is Cc1ccc(S(=O)(=O)CCNCCN(C)C)cc1. The molecule has 102 valence electrons. The largest absolute Gasteiger partial charge is 0.314 e. The lowest BCUT2D eigenvalue weighted by molar-refractivity contribution is 0.402. The van der Waals surface area contributed by atoms with Crippen molar-refractivity contribution in [2.24, 2.45) is 0 Å². The maximum absolute atomic E-state index is 12.0. The third-order valence-corrected chi connectivity index (χ3v) is 4.40. The highest BCUT2D eigenvalue weighted by atomic mass is 32.2. The van der Waals surface area contributed by atoms with Gasteiger partial charge in [0.15, 0.2) is 9.84 Å². The van der Waals surface area contributed by atoms with Gasteiger partial charge in [0, 0.05) is 19.6 Å². The molecule has 1 rings (SSSR count). The molecule has 0 heterocycles. The fraction of sp³-hybridized carbons (Fsp3) is 0.538. The van der Waals surface area contributed by atoms with Crippen molar-refractivity contribution in [2.45, 2.75) is 11.8 Å². The molecule has 0 aromatic heterocycles. The molecule has 0 aliphatic heterocycles. The summed E-state index contributed by atoms with van der Waals surface area (Å²) in [6.07, 6.45) is 0. The molecule has 1 N–H and O–H groups in total. The number of nitrogens with one attached hydrogen (secondary N) is 1. The van der Waals surface area contributed by atoms with Gasteiger partial charge in [0.1, 0.15) is 0 Å². The highest BCUT2D eigenvalue weighted by molar-refractivity contribution is 7.91. The van der Waals surface area contributed by atoms with Gasteiger partial charge < -0.3 is 10.2 Å². The van der Waals surface area contributed by atoms with Crippen molar-refractivity contribution in [1.29, 1.82) is 0 Å². The Morgan fingerprint density at radius 3 is 2.28 bits per heavy atom. The zero-order chi connectivity index (χ0) is 13.6. The second-order valence-corrected chi connectivity index (χ2v) is 6.79. The van der Waals surface area contributed by atoms with E-state index in [0.717, 1.165) is 18.7 Å². The Labute approximate surface area is 110 Å². The first kappa shape index (κ1) is 15.1. The van der Waals surface area contributed by atoms with E-state index in [1.165, 1.54) is 0 Å². The van der Waals surface area contributed by atoms with Crippen LogP contribution in [-0.4, -0.2) is 52.8 Å². The number of nitrogens with zero attached hydrogens (tertiary/aromatic N) is 1. The van der Waals surface area contributed by atoms with Crippen molar-refractivity contribution in [3.63, 3.8) is 0 Å². The van der Waals surface area contributed by atoms with Crippen LogP contribution < -0.4 is 5.32 Å². The summed E-state index contributed by atoms with van der Waals surface area (Å²) < 4.78 is 24.0. The Kier molecular flexibility index (Phi) is 5.78. The molecule has 1 aromatic rings. The maximum atomic E-state index is 12.0. The van der Waals surface area contributed by atoms with Gasteiger partial charge in [-0.15, -0.1) is 0 Å². The predicted molar refractivity (Wildman–Crippen MR) is 74.7 cm³/mol. The van der Waals surface area contributed by atoms with E-state index in [4.69, 9.17) is 0 Å². The minimum absolute atomic E-state index is 0.142. The van der Waals surface area contributed by atoms with Crippen LogP contribution in [0.3, 0.4) is 0 Å². The van der Waals surface area contributed by atoms with Crippen molar-refractivity contribution < 1.29 is 8.42 Å². The van der Waals surface area contributed by atoms with Crippen LogP contribution in [0.1, 0.15) is 5.56 Å². The van der Waals surface area contributed by atoms with Gasteiger partial charge in [-0.2, -0.15) is 0 Å². The molecule has 18 heavy (non-hydrogen) atoms. The Bertz CT molecular complexity index is 452. The van der Waals surface area contributed by atoms with Gasteiger partial charge in [-0.05, 0) is 33.2 Å². The molecule has 0 radical (unpaired) electrons. The second-order valence-electron chi connectivity index (χ2n) is 4.69. The Morgan fingerprint density at radius 2 is 1.72 bits per heavy atom. The summed E-state index contributed by atoms with van der Waals surface area (Å²) in [6, 6.07) is 6.99. The highest BCUT2D eigenvalue weighted by Gasteiger charge is 2.13. The maximum Gasteiger partial charge on any atom is 0.179 e. The summed E-state index contributed by atoms with van der Waals surface area (Å²) >= 11 is 0. The zero-order valence-electron chi connectivity index (χ0n) is 11.3. The summed E-state index contributed by atoms with van der Waals surface area (Å²) in [5.74, 6) is 0.142.